The first-order valence-corrected chi connectivity index (χ1v) is 9.63. The fraction of sp³-hybridized carbons (Fsp3) is 0.300. The van der Waals surface area contributed by atoms with Gasteiger partial charge in [0.25, 0.3) is 5.91 Å². The number of Topliss-reactive ketones (excluding diaryl/α,β-unsaturated/α-hetero) is 1. The van der Waals surface area contributed by atoms with Gasteiger partial charge in [-0.15, -0.1) is 11.3 Å². The second-order valence-corrected chi connectivity index (χ2v) is 7.57. The van der Waals surface area contributed by atoms with E-state index in [0.717, 1.165) is 12.8 Å². The molecule has 0 radical (unpaired) electrons. The van der Waals surface area contributed by atoms with Crippen molar-refractivity contribution in [2.45, 2.75) is 25.0 Å². The van der Waals surface area contributed by atoms with Gasteiger partial charge in [-0.2, -0.15) is 0 Å². The predicted octanol–water partition coefficient (Wildman–Crippen LogP) is 3.64. The number of thiophene rings is 1. The van der Waals surface area contributed by atoms with Crippen LogP contribution in [0.5, 0.6) is 0 Å². The normalized spacial score (nSPS) is 22.7. The van der Waals surface area contributed by atoms with Gasteiger partial charge >= 0.3 is 0 Å². The molecule has 1 N–H and O–H groups in total. The number of aliphatic hydroxyl groups excluding tert-OH is 1. The molecule has 2 aliphatic rings. The number of ether oxygens (including phenoxy) is 1. The Morgan fingerprint density at radius 3 is 2.85 bits per heavy atom. The number of hydrogen-bond donors (Lipinski definition) is 1. The number of amides is 1. The van der Waals surface area contributed by atoms with E-state index < -0.39 is 29.3 Å². The van der Waals surface area contributed by atoms with Crippen LogP contribution in [0, 0.1) is 5.82 Å². The SMILES string of the molecule is O=C(C1=C(O)C(=O)N(CC2CCCO2)C1c1cccc(F)c1)c1cccs1. The average Bonchev–Trinajstić information content (AvgIpc) is 3.40. The fourth-order valence-corrected chi connectivity index (χ4v) is 4.32. The molecular formula is C20H18FNO4S. The molecule has 0 saturated carbocycles. The van der Waals surface area contributed by atoms with Gasteiger partial charge in [-0.25, -0.2) is 4.39 Å². The van der Waals surface area contributed by atoms with E-state index in [-0.39, 0.29) is 18.2 Å². The van der Waals surface area contributed by atoms with Crippen LogP contribution in [0.3, 0.4) is 0 Å². The molecule has 0 bridgehead atoms. The van der Waals surface area contributed by atoms with Crippen molar-refractivity contribution in [1.29, 1.82) is 0 Å². The number of hydrogen-bond acceptors (Lipinski definition) is 5. The van der Waals surface area contributed by atoms with Crippen LogP contribution in [0.2, 0.25) is 0 Å². The van der Waals surface area contributed by atoms with Crippen LogP contribution in [0.1, 0.15) is 34.1 Å². The monoisotopic (exact) mass is 387 g/mol. The zero-order valence-electron chi connectivity index (χ0n) is 14.4. The molecule has 2 atom stereocenters. The summed E-state index contributed by atoms with van der Waals surface area (Å²) >= 11 is 1.23. The molecule has 1 amide bonds. The first-order valence-electron chi connectivity index (χ1n) is 8.75. The molecule has 7 heteroatoms. The van der Waals surface area contributed by atoms with Crippen LogP contribution in [-0.2, 0) is 9.53 Å². The van der Waals surface area contributed by atoms with E-state index in [1.165, 1.54) is 34.4 Å². The van der Waals surface area contributed by atoms with Gasteiger partial charge in [0, 0.05) is 13.2 Å². The molecule has 1 aromatic carbocycles. The second-order valence-electron chi connectivity index (χ2n) is 6.62. The van der Waals surface area contributed by atoms with Crippen molar-refractivity contribution in [3.8, 4) is 0 Å². The molecule has 2 unspecified atom stereocenters. The van der Waals surface area contributed by atoms with Crippen LogP contribution in [0.25, 0.3) is 0 Å². The van der Waals surface area contributed by atoms with Crippen molar-refractivity contribution in [3.63, 3.8) is 0 Å². The molecule has 5 nitrogen and oxygen atoms in total. The standard InChI is InChI=1S/C20H18FNO4S/c21-13-5-1-4-12(10-13)17-16(18(23)15-7-3-9-27-15)19(24)20(25)22(17)11-14-6-2-8-26-14/h1,3-5,7,9-10,14,17,24H,2,6,8,11H2. The Bertz CT molecular complexity index is 902. The Morgan fingerprint density at radius 2 is 2.19 bits per heavy atom. The minimum Gasteiger partial charge on any atom is -0.503 e. The van der Waals surface area contributed by atoms with Crippen molar-refractivity contribution in [2.75, 3.05) is 13.2 Å². The predicted molar refractivity (Wildman–Crippen MR) is 98.1 cm³/mol. The Kier molecular flexibility index (Phi) is 4.80. The van der Waals surface area contributed by atoms with E-state index in [0.29, 0.717) is 17.0 Å². The highest BCUT2D eigenvalue weighted by Gasteiger charge is 2.45. The lowest BCUT2D eigenvalue weighted by atomic mass is 9.95. The van der Waals surface area contributed by atoms with Crippen LogP contribution >= 0.6 is 11.3 Å². The number of benzene rings is 1. The minimum absolute atomic E-state index is 0.00829. The van der Waals surface area contributed by atoms with E-state index in [1.54, 1.807) is 23.6 Å². The Balaban J connectivity index is 1.76. The summed E-state index contributed by atoms with van der Waals surface area (Å²) in [5, 5.41) is 12.3. The highest BCUT2D eigenvalue weighted by Crippen LogP contribution is 2.40. The summed E-state index contributed by atoms with van der Waals surface area (Å²) in [5.74, 6) is -2.08. The third-order valence-electron chi connectivity index (χ3n) is 4.88. The number of ketones is 1. The van der Waals surface area contributed by atoms with E-state index in [2.05, 4.69) is 0 Å². The lowest BCUT2D eigenvalue weighted by Gasteiger charge is -2.28. The number of aliphatic hydroxyl groups is 1. The lowest BCUT2D eigenvalue weighted by Crippen LogP contribution is -2.37. The summed E-state index contributed by atoms with van der Waals surface area (Å²) < 4.78 is 19.5. The summed E-state index contributed by atoms with van der Waals surface area (Å²) in [6, 6.07) is 8.31. The van der Waals surface area contributed by atoms with Crippen LogP contribution in [0.4, 0.5) is 4.39 Å². The highest BCUT2D eigenvalue weighted by atomic mass is 32.1. The van der Waals surface area contributed by atoms with Crippen LogP contribution < -0.4 is 0 Å². The summed E-state index contributed by atoms with van der Waals surface area (Å²) in [7, 11) is 0. The fourth-order valence-electron chi connectivity index (χ4n) is 3.65. The summed E-state index contributed by atoms with van der Waals surface area (Å²) in [5.41, 5.74) is 0.441. The zero-order valence-corrected chi connectivity index (χ0v) is 15.2. The van der Waals surface area contributed by atoms with Crippen molar-refractivity contribution >= 4 is 23.0 Å². The molecule has 140 valence electrons. The van der Waals surface area contributed by atoms with Crippen molar-refractivity contribution in [3.05, 3.63) is 69.4 Å². The van der Waals surface area contributed by atoms with Gasteiger partial charge in [-0.1, -0.05) is 18.2 Å². The van der Waals surface area contributed by atoms with E-state index in [1.807, 2.05) is 0 Å². The molecule has 3 heterocycles. The van der Waals surface area contributed by atoms with Gasteiger partial charge in [0.05, 0.1) is 22.6 Å². The first-order chi connectivity index (χ1) is 13.1. The van der Waals surface area contributed by atoms with Gasteiger partial charge in [-0.3, -0.25) is 9.59 Å². The molecule has 1 aromatic heterocycles. The molecule has 27 heavy (non-hydrogen) atoms. The van der Waals surface area contributed by atoms with Gasteiger partial charge in [-0.05, 0) is 42.0 Å². The topological polar surface area (TPSA) is 66.8 Å². The number of carbonyl (C=O) groups excluding carboxylic acids is 2. The number of halogens is 1. The molecule has 0 spiro atoms. The lowest BCUT2D eigenvalue weighted by molar-refractivity contribution is -0.131. The van der Waals surface area contributed by atoms with Crippen LogP contribution in [0.15, 0.2) is 53.1 Å². The molecule has 0 aliphatic carbocycles. The Labute approximate surface area is 159 Å². The van der Waals surface area contributed by atoms with Crippen molar-refractivity contribution < 1.29 is 23.8 Å². The maximum Gasteiger partial charge on any atom is 0.290 e. The maximum absolute atomic E-state index is 13.9. The third-order valence-corrected chi connectivity index (χ3v) is 5.75. The molecule has 2 aliphatic heterocycles. The van der Waals surface area contributed by atoms with Gasteiger partial charge < -0.3 is 14.7 Å². The van der Waals surface area contributed by atoms with Gasteiger partial charge in [0.2, 0.25) is 5.78 Å². The van der Waals surface area contributed by atoms with Gasteiger partial charge in [0.15, 0.2) is 5.76 Å². The zero-order chi connectivity index (χ0) is 19.0. The largest absolute Gasteiger partial charge is 0.503 e. The van der Waals surface area contributed by atoms with E-state index in [4.69, 9.17) is 4.74 Å². The molecular weight excluding hydrogens is 369 g/mol. The van der Waals surface area contributed by atoms with Crippen LogP contribution in [-0.4, -0.2) is 41.0 Å². The first kappa shape index (κ1) is 17.9. The van der Waals surface area contributed by atoms with E-state index >= 15 is 0 Å². The molecule has 1 fully saturated rings. The quantitative estimate of drug-likeness (QED) is 0.796. The minimum atomic E-state index is -0.841. The summed E-state index contributed by atoms with van der Waals surface area (Å²) in [6.45, 7) is 0.864. The summed E-state index contributed by atoms with van der Waals surface area (Å²) in [4.78, 5) is 27.6. The number of rotatable bonds is 5. The van der Waals surface area contributed by atoms with Crippen molar-refractivity contribution in [1.82, 2.24) is 4.90 Å². The number of carbonyl (C=O) groups is 2. The average molecular weight is 387 g/mol. The second kappa shape index (κ2) is 7.25. The third kappa shape index (κ3) is 3.28. The maximum atomic E-state index is 13.9. The smallest absolute Gasteiger partial charge is 0.290 e. The molecule has 4 rings (SSSR count). The summed E-state index contributed by atoms with van der Waals surface area (Å²) in [6.07, 6.45) is 1.54. The Morgan fingerprint density at radius 1 is 1.33 bits per heavy atom. The molecule has 1 saturated heterocycles. The molecule has 2 aromatic rings. The van der Waals surface area contributed by atoms with Crippen molar-refractivity contribution in [2.24, 2.45) is 0 Å². The number of nitrogens with zero attached hydrogens (tertiary/aromatic N) is 1. The van der Waals surface area contributed by atoms with Gasteiger partial charge in [0.1, 0.15) is 5.82 Å². The highest BCUT2D eigenvalue weighted by molar-refractivity contribution is 7.12. The van der Waals surface area contributed by atoms with E-state index in [9.17, 15) is 19.1 Å². The Hall–Kier alpha value is -2.51.